The van der Waals surface area contributed by atoms with E-state index in [1.807, 2.05) is 30.3 Å². The highest BCUT2D eigenvalue weighted by atomic mass is 35.5. The van der Waals surface area contributed by atoms with E-state index in [0.717, 1.165) is 11.1 Å². The summed E-state index contributed by atoms with van der Waals surface area (Å²) in [4.78, 5) is 25.7. The molecule has 0 fully saturated rings. The third-order valence-electron chi connectivity index (χ3n) is 7.51. The molecule has 1 amide bonds. The van der Waals surface area contributed by atoms with E-state index in [1.54, 1.807) is 26.8 Å². The molecule has 2 N–H and O–H groups in total. The predicted octanol–water partition coefficient (Wildman–Crippen LogP) is 4.54. The minimum atomic E-state index is -4.49. The lowest BCUT2D eigenvalue weighted by Gasteiger charge is -2.32. The number of hydrogen-bond acceptors (Lipinski definition) is 8. The van der Waals surface area contributed by atoms with Crippen LogP contribution in [0.25, 0.3) is 0 Å². The van der Waals surface area contributed by atoms with Crippen molar-refractivity contribution in [2.75, 3.05) is 24.7 Å². The molecule has 44 heavy (non-hydrogen) atoms. The summed E-state index contributed by atoms with van der Waals surface area (Å²) in [6.45, 7) is 5.23. The Kier molecular flexibility index (Phi) is 9.20. The van der Waals surface area contributed by atoms with Gasteiger partial charge in [0.25, 0.3) is 5.91 Å². The molecule has 232 valence electrons. The van der Waals surface area contributed by atoms with Gasteiger partial charge in [0.1, 0.15) is 22.4 Å². The average Bonchev–Trinajstić information content (AvgIpc) is 3.43. The number of aryl methyl sites for hydroxylation is 1. The number of sulfonamides is 1. The van der Waals surface area contributed by atoms with Gasteiger partial charge in [-0.25, -0.2) is 22.7 Å². The zero-order valence-corrected chi connectivity index (χ0v) is 25.7. The smallest absolute Gasteiger partial charge is 0.434 e. The number of ether oxygens (including phenoxy) is 2. The normalized spacial score (nSPS) is 14.7. The lowest BCUT2D eigenvalue weighted by atomic mass is 9.88. The number of rotatable bonds is 11. The van der Waals surface area contributed by atoms with Gasteiger partial charge in [0.2, 0.25) is 15.9 Å². The van der Waals surface area contributed by atoms with Crippen molar-refractivity contribution in [1.29, 1.82) is 0 Å². The summed E-state index contributed by atoms with van der Waals surface area (Å²) < 4.78 is 62.1. The first kappa shape index (κ1) is 31.4. The van der Waals surface area contributed by atoms with E-state index < -0.39 is 46.1 Å². The molecule has 1 aliphatic rings. The van der Waals surface area contributed by atoms with Gasteiger partial charge < -0.3 is 18.8 Å². The first-order chi connectivity index (χ1) is 21.0. The van der Waals surface area contributed by atoms with Gasteiger partial charge >= 0.3 is 5.76 Å². The molecule has 0 saturated heterocycles. The van der Waals surface area contributed by atoms with Crippen LogP contribution in [-0.2, 0) is 26.2 Å². The summed E-state index contributed by atoms with van der Waals surface area (Å²) in [6, 6.07) is 13.7. The van der Waals surface area contributed by atoms with Gasteiger partial charge in [0.15, 0.2) is 12.4 Å². The van der Waals surface area contributed by atoms with Gasteiger partial charge in [0, 0.05) is 12.5 Å². The molecule has 1 aliphatic heterocycles. The molecule has 2 heterocycles. The lowest BCUT2D eigenvalue weighted by Crippen LogP contribution is -2.42. The third-order valence-corrected chi connectivity index (χ3v) is 9.28. The topological polar surface area (TPSA) is 144 Å². The molecule has 0 saturated carbocycles. The first-order valence-electron chi connectivity index (χ1n) is 13.7. The van der Waals surface area contributed by atoms with Crippen LogP contribution in [0.2, 0.25) is 5.02 Å². The molecule has 0 spiro atoms. The number of hydrogen-bond donors (Lipinski definition) is 2. The molecule has 1 aromatic heterocycles. The monoisotopic (exact) mass is 644 g/mol. The minimum Gasteiger partial charge on any atom is -0.480 e. The first-order valence-corrected chi connectivity index (χ1v) is 15.5. The van der Waals surface area contributed by atoms with Gasteiger partial charge in [-0.05, 0) is 54.3 Å². The van der Waals surface area contributed by atoms with Crippen LogP contribution < -0.4 is 20.1 Å². The SMILES string of the molecule is Cc1ccc(F)c([C@@H](C)[C@H](NS(=O)(=O)c2ccc(Cl)c3c2OCC(=O)N3CCOCc2ccccc2)c2n[nH]c(=O)o2)c1C. The quantitative estimate of drug-likeness (QED) is 0.227. The molecule has 0 unspecified atom stereocenters. The maximum atomic E-state index is 15.1. The van der Waals surface area contributed by atoms with Gasteiger partial charge in [-0.2, -0.15) is 4.72 Å². The van der Waals surface area contributed by atoms with Crippen molar-refractivity contribution in [3.63, 3.8) is 0 Å². The molecule has 0 aliphatic carbocycles. The molecule has 14 heteroatoms. The van der Waals surface area contributed by atoms with Crippen LogP contribution in [0.1, 0.15) is 47.0 Å². The summed E-state index contributed by atoms with van der Waals surface area (Å²) in [5, 5.41) is 6.06. The van der Waals surface area contributed by atoms with E-state index in [9.17, 15) is 18.0 Å². The number of nitrogens with zero attached hydrogens (tertiary/aromatic N) is 2. The van der Waals surface area contributed by atoms with Crippen LogP contribution in [0.5, 0.6) is 5.75 Å². The van der Waals surface area contributed by atoms with Crippen molar-refractivity contribution < 1.29 is 31.5 Å². The Morgan fingerprint density at radius 2 is 1.89 bits per heavy atom. The number of benzene rings is 3. The van der Waals surface area contributed by atoms with Crippen LogP contribution in [0.15, 0.2) is 68.7 Å². The number of anilines is 1. The Morgan fingerprint density at radius 3 is 2.59 bits per heavy atom. The zero-order valence-electron chi connectivity index (χ0n) is 24.1. The molecule has 4 aromatic rings. The van der Waals surface area contributed by atoms with Gasteiger partial charge in [-0.1, -0.05) is 54.9 Å². The summed E-state index contributed by atoms with van der Waals surface area (Å²) in [7, 11) is -4.49. The van der Waals surface area contributed by atoms with E-state index in [-0.39, 0.29) is 46.0 Å². The molecule has 0 radical (unpaired) electrons. The average molecular weight is 645 g/mol. The number of nitrogens with one attached hydrogen (secondary N) is 2. The fraction of sp³-hybridized carbons (Fsp3) is 0.300. The highest BCUT2D eigenvalue weighted by Crippen LogP contribution is 2.44. The third kappa shape index (κ3) is 6.41. The van der Waals surface area contributed by atoms with Crippen molar-refractivity contribution in [2.45, 2.75) is 44.2 Å². The minimum absolute atomic E-state index is 0.0746. The second-order valence-corrected chi connectivity index (χ2v) is 12.4. The molecular weight excluding hydrogens is 615 g/mol. The van der Waals surface area contributed by atoms with Gasteiger partial charge in [-0.15, -0.1) is 5.10 Å². The molecule has 3 aromatic carbocycles. The van der Waals surface area contributed by atoms with Crippen molar-refractivity contribution in [3.8, 4) is 5.75 Å². The van der Waals surface area contributed by atoms with Crippen molar-refractivity contribution >= 4 is 33.2 Å². The van der Waals surface area contributed by atoms with Gasteiger partial charge in [0.05, 0.1) is 18.2 Å². The van der Waals surface area contributed by atoms with Crippen molar-refractivity contribution in [3.05, 3.63) is 104 Å². The molecule has 11 nitrogen and oxygen atoms in total. The maximum absolute atomic E-state index is 15.1. The van der Waals surface area contributed by atoms with Crippen molar-refractivity contribution in [1.82, 2.24) is 14.9 Å². The zero-order chi connectivity index (χ0) is 31.6. The van der Waals surface area contributed by atoms with E-state index in [2.05, 4.69) is 14.9 Å². The lowest BCUT2D eigenvalue weighted by molar-refractivity contribution is -0.121. The molecule has 2 atom stereocenters. The molecular formula is C30H30ClFN4O7S. The van der Waals surface area contributed by atoms with Crippen LogP contribution in [-0.4, -0.2) is 44.3 Å². The standard InChI is InChI=1S/C30H30ClFN4O7S/c1-17-9-11-22(32)25(18(17)2)19(3)26(29-33-34-30(38)43-29)35-44(39,40)23-12-10-21(31)27-28(23)42-16-24(37)36(27)13-14-41-15-20-7-5-4-6-8-20/h4-12,19,26,35H,13-16H2,1-3H3,(H,34,38)/t19-,26+/m1/s1. The fourth-order valence-corrected chi connectivity index (χ4v) is 6.79. The molecule has 5 rings (SSSR count). The Labute approximate surface area is 258 Å². The van der Waals surface area contributed by atoms with Crippen molar-refractivity contribution in [2.24, 2.45) is 0 Å². The van der Waals surface area contributed by atoms with E-state index in [1.165, 1.54) is 23.1 Å². The van der Waals surface area contributed by atoms with Crippen LogP contribution in [0.3, 0.4) is 0 Å². The Bertz CT molecular complexity index is 1850. The number of H-pyrrole nitrogens is 1. The second-order valence-electron chi connectivity index (χ2n) is 10.3. The van der Waals surface area contributed by atoms with Crippen LogP contribution in [0.4, 0.5) is 10.1 Å². The second kappa shape index (κ2) is 12.9. The largest absolute Gasteiger partial charge is 0.480 e. The Morgan fingerprint density at radius 1 is 1.14 bits per heavy atom. The highest BCUT2D eigenvalue weighted by Gasteiger charge is 2.38. The number of carbonyl (C=O) groups is 1. The number of aromatic nitrogens is 2. The van der Waals surface area contributed by atoms with E-state index in [0.29, 0.717) is 12.2 Å². The fourth-order valence-electron chi connectivity index (χ4n) is 5.13. The summed E-state index contributed by atoms with van der Waals surface area (Å²) in [6.07, 6.45) is 0. The number of halogens is 2. The maximum Gasteiger partial charge on any atom is 0.434 e. The summed E-state index contributed by atoms with van der Waals surface area (Å²) >= 11 is 6.48. The van der Waals surface area contributed by atoms with E-state index >= 15 is 4.39 Å². The predicted molar refractivity (Wildman–Crippen MR) is 160 cm³/mol. The number of carbonyl (C=O) groups excluding carboxylic acids is 1. The van der Waals surface area contributed by atoms with Crippen LogP contribution in [0, 0.1) is 19.7 Å². The summed E-state index contributed by atoms with van der Waals surface area (Å²) in [5.74, 6) is -3.20. The molecule has 0 bridgehead atoms. The summed E-state index contributed by atoms with van der Waals surface area (Å²) in [5.41, 5.74) is 2.65. The number of amides is 1. The van der Waals surface area contributed by atoms with E-state index in [4.69, 9.17) is 25.5 Å². The Hall–Kier alpha value is -4.04. The number of fused-ring (bicyclic) bond motifs is 1. The van der Waals surface area contributed by atoms with Gasteiger partial charge in [-0.3, -0.25) is 4.79 Å². The Balaban J connectivity index is 1.47. The highest BCUT2D eigenvalue weighted by molar-refractivity contribution is 7.89. The number of aromatic amines is 1. The van der Waals surface area contributed by atoms with Crippen LogP contribution >= 0.6 is 11.6 Å².